The van der Waals surface area contributed by atoms with E-state index in [1.807, 2.05) is 0 Å². The zero-order valence-corrected chi connectivity index (χ0v) is 11.8. The second-order valence-corrected chi connectivity index (χ2v) is 5.20. The maximum Gasteiger partial charge on any atom is 0.337 e. The number of carboxylic acid groups (broad SMARTS) is 1. The van der Waals surface area contributed by atoms with Gasteiger partial charge in [0.05, 0.1) is 17.2 Å². The number of hydrogen-bond donors (Lipinski definition) is 3. The number of amides is 3. The molecule has 3 amide bonds. The number of nitrogens with one attached hydrogen (secondary N) is 1. The molecule has 1 aliphatic rings. The number of aromatic carboxylic acids is 1. The minimum Gasteiger partial charge on any atom is -0.478 e. The summed E-state index contributed by atoms with van der Waals surface area (Å²) in [7, 11) is 0. The first-order chi connectivity index (χ1) is 9.88. The average molecular weight is 312 g/mol. The summed E-state index contributed by atoms with van der Waals surface area (Å²) < 4.78 is 0. The number of halogens is 1. The molecule has 4 N–H and O–H groups in total. The molecule has 1 unspecified atom stereocenters. The lowest BCUT2D eigenvalue weighted by Gasteiger charge is -2.18. The van der Waals surface area contributed by atoms with Crippen LogP contribution in [0.25, 0.3) is 0 Å². The van der Waals surface area contributed by atoms with Crippen LogP contribution in [0.4, 0.5) is 10.5 Å². The zero-order valence-electron chi connectivity index (χ0n) is 11.0. The highest BCUT2D eigenvalue weighted by Crippen LogP contribution is 2.23. The summed E-state index contributed by atoms with van der Waals surface area (Å²) >= 11 is 5.81. The number of primary amides is 1. The normalized spacial score (nSPS) is 17.6. The zero-order chi connectivity index (χ0) is 15.6. The first kappa shape index (κ1) is 15.1. The second kappa shape index (κ2) is 6.01. The van der Waals surface area contributed by atoms with Crippen molar-refractivity contribution >= 4 is 35.2 Å². The van der Waals surface area contributed by atoms with E-state index in [0.717, 1.165) is 0 Å². The minimum atomic E-state index is -1.17. The van der Waals surface area contributed by atoms with E-state index >= 15 is 0 Å². The number of carboxylic acids is 1. The predicted molar refractivity (Wildman–Crippen MR) is 76.3 cm³/mol. The molecule has 1 atom stereocenters. The number of rotatable bonds is 3. The molecule has 0 radical (unpaired) electrons. The van der Waals surface area contributed by atoms with Crippen molar-refractivity contribution in [2.75, 3.05) is 18.4 Å². The summed E-state index contributed by atoms with van der Waals surface area (Å²) in [4.78, 5) is 35.7. The molecule has 1 aromatic rings. The SMILES string of the molecule is NC(=O)C1CCN(C(=O)Nc2cc(Cl)ccc2C(=O)O)C1. The summed E-state index contributed by atoms with van der Waals surface area (Å²) in [6.07, 6.45) is 0.504. The molecule has 1 fully saturated rings. The van der Waals surface area contributed by atoms with Crippen molar-refractivity contribution in [2.45, 2.75) is 6.42 Å². The monoisotopic (exact) mass is 311 g/mol. The van der Waals surface area contributed by atoms with Crippen LogP contribution in [0.2, 0.25) is 5.02 Å². The van der Waals surface area contributed by atoms with Crippen LogP contribution in [0.5, 0.6) is 0 Å². The Labute approximate surface area is 125 Å². The molecular formula is C13H14ClN3O4. The average Bonchev–Trinajstić information content (AvgIpc) is 2.88. The number of benzene rings is 1. The van der Waals surface area contributed by atoms with E-state index in [0.29, 0.717) is 18.0 Å². The summed E-state index contributed by atoms with van der Waals surface area (Å²) in [6.45, 7) is 0.618. The molecule has 1 aliphatic heterocycles. The molecule has 21 heavy (non-hydrogen) atoms. The van der Waals surface area contributed by atoms with Crippen LogP contribution in [0, 0.1) is 5.92 Å². The molecule has 2 rings (SSSR count). The number of nitrogens with zero attached hydrogens (tertiary/aromatic N) is 1. The van der Waals surface area contributed by atoms with Gasteiger partial charge in [-0.3, -0.25) is 4.79 Å². The van der Waals surface area contributed by atoms with Crippen LogP contribution in [0.3, 0.4) is 0 Å². The Hall–Kier alpha value is -2.28. The van der Waals surface area contributed by atoms with Gasteiger partial charge in [-0.25, -0.2) is 9.59 Å². The van der Waals surface area contributed by atoms with Crippen LogP contribution in [0.1, 0.15) is 16.8 Å². The molecule has 7 nitrogen and oxygen atoms in total. The van der Waals surface area contributed by atoms with Gasteiger partial charge >= 0.3 is 12.0 Å². The number of likely N-dealkylation sites (tertiary alicyclic amines) is 1. The van der Waals surface area contributed by atoms with Gasteiger partial charge in [0, 0.05) is 18.1 Å². The van der Waals surface area contributed by atoms with Crippen LogP contribution >= 0.6 is 11.6 Å². The molecule has 1 heterocycles. The Morgan fingerprint density at radius 3 is 2.67 bits per heavy atom. The third kappa shape index (κ3) is 3.43. The Morgan fingerprint density at radius 1 is 1.38 bits per heavy atom. The predicted octanol–water partition coefficient (Wildman–Crippen LogP) is 1.38. The van der Waals surface area contributed by atoms with Crippen molar-refractivity contribution in [1.82, 2.24) is 4.90 Å². The lowest BCUT2D eigenvalue weighted by atomic mass is 10.1. The smallest absolute Gasteiger partial charge is 0.337 e. The van der Waals surface area contributed by atoms with E-state index in [1.165, 1.54) is 23.1 Å². The molecule has 0 aromatic heterocycles. The fraction of sp³-hybridized carbons (Fsp3) is 0.308. The van der Waals surface area contributed by atoms with Crippen molar-refractivity contribution in [3.05, 3.63) is 28.8 Å². The highest BCUT2D eigenvalue weighted by atomic mass is 35.5. The minimum absolute atomic E-state index is 0.0570. The summed E-state index contributed by atoms with van der Waals surface area (Å²) in [5.41, 5.74) is 5.26. The van der Waals surface area contributed by atoms with E-state index < -0.39 is 17.9 Å². The molecule has 0 saturated carbocycles. The molecule has 112 valence electrons. The number of nitrogens with two attached hydrogens (primary N) is 1. The first-order valence-corrected chi connectivity index (χ1v) is 6.64. The second-order valence-electron chi connectivity index (χ2n) is 4.76. The van der Waals surface area contributed by atoms with Crippen molar-refractivity contribution < 1.29 is 19.5 Å². The van der Waals surface area contributed by atoms with E-state index in [-0.39, 0.29) is 23.7 Å². The van der Waals surface area contributed by atoms with Gasteiger partial charge in [0.15, 0.2) is 0 Å². The maximum atomic E-state index is 12.1. The Morgan fingerprint density at radius 2 is 2.10 bits per heavy atom. The van der Waals surface area contributed by atoms with Gasteiger partial charge in [-0.1, -0.05) is 11.6 Å². The number of hydrogen-bond acceptors (Lipinski definition) is 3. The van der Waals surface area contributed by atoms with Crippen molar-refractivity contribution in [2.24, 2.45) is 11.7 Å². The number of urea groups is 1. The topological polar surface area (TPSA) is 113 Å². The lowest BCUT2D eigenvalue weighted by Crippen LogP contribution is -2.35. The van der Waals surface area contributed by atoms with Gasteiger partial charge in [0.1, 0.15) is 0 Å². The molecule has 0 aliphatic carbocycles. The van der Waals surface area contributed by atoms with E-state index in [9.17, 15) is 14.4 Å². The Balaban J connectivity index is 2.12. The van der Waals surface area contributed by atoms with Gasteiger partial charge < -0.3 is 21.1 Å². The van der Waals surface area contributed by atoms with E-state index in [2.05, 4.69) is 5.32 Å². The summed E-state index contributed by atoms with van der Waals surface area (Å²) in [5.74, 6) is -1.98. The summed E-state index contributed by atoms with van der Waals surface area (Å²) in [6, 6.07) is 3.63. The van der Waals surface area contributed by atoms with Crippen LogP contribution in [-0.4, -0.2) is 41.0 Å². The quantitative estimate of drug-likeness (QED) is 0.782. The first-order valence-electron chi connectivity index (χ1n) is 6.26. The van der Waals surface area contributed by atoms with Gasteiger partial charge in [-0.15, -0.1) is 0 Å². The molecule has 0 bridgehead atoms. The fourth-order valence-corrected chi connectivity index (χ4v) is 2.35. The van der Waals surface area contributed by atoms with Crippen molar-refractivity contribution in [3.8, 4) is 0 Å². The molecule has 1 aromatic carbocycles. The molecule has 0 spiro atoms. The summed E-state index contributed by atoms with van der Waals surface area (Å²) in [5, 5.41) is 11.9. The van der Waals surface area contributed by atoms with E-state index in [1.54, 1.807) is 0 Å². The van der Waals surface area contributed by atoms with Crippen LogP contribution in [0.15, 0.2) is 18.2 Å². The molecular weight excluding hydrogens is 298 g/mol. The fourth-order valence-electron chi connectivity index (χ4n) is 2.18. The number of anilines is 1. The van der Waals surface area contributed by atoms with Crippen LogP contribution in [-0.2, 0) is 4.79 Å². The van der Waals surface area contributed by atoms with Crippen LogP contribution < -0.4 is 11.1 Å². The van der Waals surface area contributed by atoms with Gasteiger partial charge in [-0.2, -0.15) is 0 Å². The molecule has 8 heteroatoms. The van der Waals surface area contributed by atoms with E-state index in [4.69, 9.17) is 22.4 Å². The van der Waals surface area contributed by atoms with Gasteiger partial charge in [0.25, 0.3) is 0 Å². The highest BCUT2D eigenvalue weighted by Gasteiger charge is 2.30. The third-order valence-electron chi connectivity index (χ3n) is 3.33. The van der Waals surface area contributed by atoms with Gasteiger partial charge in [0.2, 0.25) is 5.91 Å². The van der Waals surface area contributed by atoms with Crippen molar-refractivity contribution in [3.63, 3.8) is 0 Å². The van der Waals surface area contributed by atoms with Crippen molar-refractivity contribution in [1.29, 1.82) is 0 Å². The third-order valence-corrected chi connectivity index (χ3v) is 3.57. The largest absolute Gasteiger partial charge is 0.478 e. The standard InChI is InChI=1S/C13H14ClN3O4/c14-8-1-2-9(12(19)20)10(5-8)16-13(21)17-4-3-7(6-17)11(15)18/h1-2,5,7H,3-4,6H2,(H2,15,18)(H,16,21)(H,19,20). The number of carbonyl (C=O) groups is 3. The Kier molecular flexibility index (Phi) is 4.32. The number of carbonyl (C=O) groups excluding carboxylic acids is 2. The lowest BCUT2D eigenvalue weighted by molar-refractivity contribution is -0.121. The Bertz CT molecular complexity index is 605. The maximum absolute atomic E-state index is 12.1. The molecule has 1 saturated heterocycles. The highest BCUT2D eigenvalue weighted by molar-refractivity contribution is 6.31. The van der Waals surface area contributed by atoms with Gasteiger partial charge in [-0.05, 0) is 24.6 Å².